The van der Waals surface area contributed by atoms with E-state index in [0.29, 0.717) is 19.0 Å². The van der Waals surface area contributed by atoms with Gasteiger partial charge >= 0.3 is 0 Å². The van der Waals surface area contributed by atoms with Gasteiger partial charge in [0.15, 0.2) is 0 Å². The number of aromatic nitrogens is 2. The van der Waals surface area contributed by atoms with Crippen molar-refractivity contribution in [1.29, 1.82) is 0 Å². The maximum Gasteiger partial charge on any atom is 0.236 e. The number of hydrogen-bond acceptors (Lipinski definition) is 5. The maximum absolute atomic E-state index is 12.2. The first-order valence-electron chi connectivity index (χ1n) is 7.31. The molecule has 120 valence electrons. The van der Waals surface area contributed by atoms with Crippen LogP contribution in [0.1, 0.15) is 11.1 Å². The Labute approximate surface area is 135 Å². The Balaban J connectivity index is 1.56. The lowest BCUT2D eigenvalue weighted by Crippen LogP contribution is -2.56. The molecule has 1 saturated heterocycles. The van der Waals surface area contributed by atoms with Gasteiger partial charge in [0.05, 0.1) is 6.04 Å². The van der Waals surface area contributed by atoms with Crippen LogP contribution in [0.4, 0.5) is 5.95 Å². The first-order chi connectivity index (χ1) is 11.0. The highest BCUT2D eigenvalue weighted by molar-refractivity contribution is 7.92. The molecule has 0 bridgehead atoms. The molecule has 0 radical (unpaired) electrons. The van der Waals surface area contributed by atoms with Crippen molar-refractivity contribution in [3.05, 3.63) is 59.3 Å². The molecule has 0 atom stereocenters. The van der Waals surface area contributed by atoms with Crippen LogP contribution >= 0.6 is 0 Å². The molecule has 1 N–H and O–H groups in total. The summed E-state index contributed by atoms with van der Waals surface area (Å²) in [5.41, 5.74) is 2.01. The van der Waals surface area contributed by atoms with Crippen molar-refractivity contribution in [3.8, 4) is 0 Å². The van der Waals surface area contributed by atoms with E-state index in [1.165, 1.54) is 9.71 Å². The van der Waals surface area contributed by atoms with E-state index in [9.17, 15) is 8.42 Å². The normalized spacial score (nSPS) is 16.4. The van der Waals surface area contributed by atoms with Gasteiger partial charge in [-0.3, -0.25) is 0 Å². The summed E-state index contributed by atoms with van der Waals surface area (Å²) < 4.78 is 25.9. The average Bonchev–Trinajstić information content (AvgIpc) is 2.51. The largest absolute Gasteiger partial charge is 0.349 e. The van der Waals surface area contributed by atoms with Gasteiger partial charge in [0.1, 0.15) is 0 Å². The van der Waals surface area contributed by atoms with Gasteiger partial charge in [0.2, 0.25) is 16.0 Å². The molecule has 1 aromatic heterocycles. The molecule has 0 saturated carbocycles. The second-order valence-corrected chi connectivity index (χ2v) is 7.31. The molecule has 1 aromatic carbocycles. The second-order valence-electron chi connectivity index (χ2n) is 5.49. The molecular weight excluding hydrogens is 312 g/mol. The minimum atomic E-state index is -3.39. The van der Waals surface area contributed by atoms with Gasteiger partial charge in [-0.2, -0.15) is 4.31 Å². The fourth-order valence-electron chi connectivity index (χ4n) is 2.22. The SMILES string of the molecule is Cc1ccc(/C=C/S(=O)(=O)N2CC(Nc3ncccn3)C2)cc1. The van der Waals surface area contributed by atoms with Crippen LogP contribution in [0, 0.1) is 6.92 Å². The third-order valence-electron chi connectivity index (χ3n) is 3.62. The van der Waals surface area contributed by atoms with Crippen molar-refractivity contribution < 1.29 is 8.42 Å². The Morgan fingerprint density at radius 1 is 1.17 bits per heavy atom. The fraction of sp³-hybridized carbons (Fsp3) is 0.250. The van der Waals surface area contributed by atoms with Gasteiger partial charge in [-0.1, -0.05) is 29.8 Å². The van der Waals surface area contributed by atoms with E-state index in [2.05, 4.69) is 15.3 Å². The molecular formula is C16H18N4O2S. The van der Waals surface area contributed by atoms with Crippen molar-refractivity contribution in [3.63, 3.8) is 0 Å². The fourth-order valence-corrected chi connectivity index (χ4v) is 3.50. The molecule has 0 aliphatic carbocycles. The number of nitrogens with zero attached hydrogens (tertiary/aromatic N) is 3. The molecule has 1 aliphatic rings. The summed E-state index contributed by atoms with van der Waals surface area (Å²) >= 11 is 0. The van der Waals surface area contributed by atoms with Crippen LogP contribution < -0.4 is 5.32 Å². The number of anilines is 1. The number of nitrogens with one attached hydrogen (secondary N) is 1. The van der Waals surface area contributed by atoms with Crippen molar-refractivity contribution in [2.45, 2.75) is 13.0 Å². The standard InChI is InChI=1S/C16H18N4O2S/c1-13-3-5-14(6-4-13)7-10-23(21,22)20-11-15(12-20)19-16-17-8-2-9-18-16/h2-10,15H,11-12H2,1H3,(H,17,18,19)/b10-7+. The highest BCUT2D eigenvalue weighted by Gasteiger charge is 2.34. The summed E-state index contributed by atoms with van der Waals surface area (Å²) in [6.45, 7) is 2.82. The average molecular weight is 330 g/mol. The number of benzene rings is 1. The molecule has 3 rings (SSSR count). The molecule has 0 unspecified atom stereocenters. The Morgan fingerprint density at radius 2 is 1.83 bits per heavy atom. The lowest BCUT2D eigenvalue weighted by Gasteiger charge is -2.37. The van der Waals surface area contributed by atoms with E-state index in [-0.39, 0.29) is 6.04 Å². The lowest BCUT2D eigenvalue weighted by molar-refractivity contribution is 0.283. The second kappa shape index (κ2) is 6.47. The van der Waals surface area contributed by atoms with Crippen molar-refractivity contribution in [1.82, 2.24) is 14.3 Å². The summed E-state index contributed by atoms with van der Waals surface area (Å²) in [7, 11) is -3.39. The van der Waals surface area contributed by atoms with Gasteiger partial charge in [0, 0.05) is 30.9 Å². The Hall–Kier alpha value is -2.25. The van der Waals surface area contributed by atoms with E-state index in [1.807, 2.05) is 31.2 Å². The molecule has 0 spiro atoms. The van der Waals surface area contributed by atoms with Gasteiger partial charge in [0.25, 0.3) is 0 Å². The monoisotopic (exact) mass is 330 g/mol. The third kappa shape index (κ3) is 3.94. The third-order valence-corrected chi connectivity index (χ3v) is 5.11. The molecule has 2 heterocycles. The van der Waals surface area contributed by atoms with Crippen LogP contribution in [0.25, 0.3) is 6.08 Å². The smallest absolute Gasteiger partial charge is 0.236 e. The summed E-state index contributed by atoms with van der Waals surface area (Å²) in [5, 5.41) is 4.36. The zero-order chi connectivity index (χ0) is 16.3. The van der Waals surface area contributed by atoms with E-state index in [4.69, 9.17) is 0 Å². The first-order valence-corrected chi connectivity index (χ1v) is 8.82. The summed E-state index contributed by atoms with van der Waals surface area (Å²) in [5.74, 6) is 0.518. The molecule has 7 heteroatoms. The topological polar surface area (TPSA) is 75.2 Å². The zero-order valence-electron chi connectivity index (χ0n) is 12.8. The maximum atomic E-state index is 12.2. The van der Waals surface area contributed by atoms with E-state index >= 15 is 0 Å². The summed E-state index contributed by atoms with van der Waals surface area (Å²) in [6, 6.07) is 9.48. The van der Waals surface area contributed by atoms with E-state index < -0.39 is 10.0 Å². The minimum Gasteiger partial charge on any atom is -0.349 e. The Kier molecular flexibility index (Phi) is 4.40. The molecule has 6 nitrogen and oxygen atoms in total. The summed E-state index contributed by atoms with van der Waals surface area (Å²) in [4.78, 5) is 8.13. The number of rotatable bonds is 5. The van der Waals surface area contributed by atoms with Crippen LogP contribution in [0.15, 0.2) is 48.1 Å². The summed E-state index contributed by atoms with van der Waals surface area (Å²) in [6.07, 6.45) is 4.91. The molecule has 1 aliphatic heterocycles. The quantitative estimate of drug-likeness (QED) is 0.906. The van der Waals surface area contributed by atoms with Crippen LogP contribution in [0.3, 0.4) is 0 Å². The number of hydrogen-bond donors (Lipinski definition) is 1. The molecule has 0 amide bonds. The van der Waals surface area contributed by atoms with Gasteiger partial charge in [-0.15, -0.1) is 0 Å². The highest BCUT2D eigenvalue weighted by atomic mass is 32.2. The number of sulfonamides is 1. The lowest BCUT2D eigenvalue weighted by atomic mass is 10.2. The molecule has 23 heavy (non-hydrogen) atoms. The van der Waals surface area contributed by atoms with Crippen molar-refractivity contribution in [2.75, 3.05) is 18.4 Å². The Bertz CT molecular complexity index is 783. The Morgan fingerprint density at radius 3 is 2.48 bits per heavy atom. The van der Waals surface area contributed by atoms with Crippen LogP contribution in [0.2, 0.25) is 0 Å². The van der Waals surface area contributed by atoms with Gasteiger partial charge in [-0.05, 0) is 24.6 Å². The number of aryl methyl sites for hydroxylation is 1. The van der Waals surface area contributed by atoms with Crippen molar-refractivity contribution in [2.24, 2.45) is 0 Å². The van der Waals surface area contributed by atoms with Crippen LogP contribution in [-0.2, 0) is 10.0 Å². The van der Waals surface area contributed by atoms with Gasteiger partial charge < -0.3 is 5.32 Å². The highest BCUT2D eigenvalue weighted by Crippen LogP contribution is 2.18. The molecule has 1 fully saturated rings. The van der Waals surface area contributed by atoms with Crippen LogP contribution in [-0.4, -0.2) is 41.8 Å². The van der Waals surface area contributed by atoms with E-state index in [0.717, 1.165) is 11.1 Å². The van der Waals surface area contributed by atoms with E-state index in [1.54, 1.807) is 24.5 Å². The predicted molar refractivity (Wildman–Crippen MR) is 90.1 cm³/mol. The van der Waals surface area contributed by atoms with Crippen molar-refractivity contribution >= 4 is 22.0 Å². The molecule has 2 aromatic rings. The first kappa shape index (κ1) is 15.6. The minimum absolute atomic E-state index is 0.0416. The van der Waals surface area contributed by atoms with Crippen LogP contribution in [0.5, 0.6) is 0 Å². The predicted octanol–water partition coefficient (Wildman–Crippen LogP) is 1.88. The zero-order valence-corrected chi connectivity index (χ0v) is 13.6. The van der Waals surface area contributed by atoms with Gasteiger partial charge in [-0.25, -0.2) is 18.4 Å².